The lowest BCUT2D eigenvalue weighted by atomic mass is 9.54. The van der Waals surface area contributed by atoms with Gasteiger partial charge in [-0.3, -0.25) is 0 Å². The Morgan fingerprint density at radius 1 is 1.23 bits per heavy atom. The van der Waals surface area contributed by atoms with Gasteiger partial charge in [0.15, 0.2) is 6.79 Å². The van der Waals surface area contributed by atoms with Gasteiger partial charge in [-0.15, -0.1) is 0 Å². The summed E-state index contributed by atoms with van der Waals surface area (Å²) in [6.07, 6.45) is 8.72. The number of hydrogen-bond acceptors (Lipinski definition) is 1. The van der Waals surface area contributed by atoms with E-state index in [4.69, 9.17) is 4.74 Å². The summed E-state index contributed by atoms with van der Waals surface area (Å²) in [7, 11) is 0. The molecular formula is C11H16O2. The maximum Gasteiger partial charge on any atom is 0.181 e. The molecular weight excluding hydrogens is 164 g/mol. The summed E-state index contributed by atoms with van der Waals surface area (Å²) in [6, 6.07) is 0. The van der Waals surface area contributed by atoms with Gasteiger partial charge >= 0.3 is 0 Å². The molecule has 4 rings (SSSR count). The molecule has 4 bridgehead atoms. The van der Waals surface area contributed by atoms with Crippen LogP contribution in [-0.4, -0.2) is 12.4 Å². The van der Waals surface area contributed by atoms with E-state index in [0.717, 1.165) is 30.6 Å². The van der Waals surface area contributed by atoms with Crippen molar-refractivity contribution in [3.8, 4) is 0 Å². The second-order valence-electron chi connectivity index (χ2n) is 5.10. The van der Waals surface area contributed by atoms with Crippen molar-refractivity contribution in [3.63, 3.8) is 0 Å². The van der Waals surface area contributed by atoms with Crippen LogP contribution < -0.4 is 0 Å². The molecule has 0 amide bonds. The van der Waals surface area contributed by atoms with Gasteiger partial charge in [-0.05, 0) is 56.3 Å². The van der Waals surface area contributed by atoms with Crippen molar-refractivity contribution in [2.75, 3.05) is 6.79 Å². The molecule has 0 aromatic heterocycles. The molecule has 2 nitrogen and oxygen atoms in total. The highest BCUT2D eigenvalue weighted by molar-refractivity contribution is 5.12. The minimum atomic E-state index is -0.358. The lowest BCUT2D eigenvalue weighted by Crippen LogP contribution is -2.52. The third-order valence-electron chi connectivity index (χ3n) is 4.09. The van der Waals surface area contributed by atoms with Crippen molar-refractivity contribution in [1.82, 2.24) is 0 Å². The maximum atomic E-state index is 10.6. The molecule has 0 aliphatic heterocycles. The Labute approximate surface area is 79.3 Å². The summed E-state index contributed by atoms with van der Waals surface area (Å²) in [5, 5.41) is 10.6. The standard InChI is InChI=1S/C11H16O2/c12-7-13-11-4-8-1-9(5-11)3-10(2-8)6-11/h4,8-10H,1-3,5-7H2. The fraction of sp³-hybridized carbons (Fsp3) is 0.909. The van der Waals surface area contributed by atoms with Gasteiger partial charge in [0.25, 0.3) is 0 Å². The van der Waals surface area contributed by atoms with Gasteiger partial charge in [0.05, 0.1) is 5.60 Å². The molecule has 4 saturated carbocycles. The first kappa shape index (κ1) is 8.25. The predicted molar refractivity (Wildman–Crippen MR) is 47.2 cm³/mol. The second kappa shape index (κ2) is 2.71. The molecule has 4 aliphatic carbocycles. The zero-order chi connectivity index (χ0) is 8.89. The number of rotatable bonds is 2. The highest BCUT2D eigenvalue weighted by Crippen LogP contribution is 2.56. The molecule has 2 radical (unpaired) electrons. The Bertz CT molecular complexity index is 177. The van der Waals surface area contributed by atoms with Crippen molar-refractivity contribution in [3.05, 3.63) is 6.42 Å². The minimum Gasteiger partial charge on any atom is -0.345 e. The molecule has 0 aromatic rings. The summed E-state index contributed by atoms with van der Waals surface area (Å²) in [6.45, 7) is -0.358. The average molecular weight is 180 g/mol. The van der Waals surface area contributed by atoms with Crippen molar-refractivity contribution in [1.29, 1.82) is 0 Å². The van der Waals surface area contributed by atoms with E-state index < -0.39 is 0 Å². The van der Waals surface area contributed by atoms with Crippen LogP contribution in [0.5, 0.6) is 0 Å². The fourth-order valence-corrected chi connectivity index (χ4v) is 4.00. The molecule has 0 heterocycles. The van der Waals surface area contributed by atoms with E-state index >= 15 is 0 Å². The molecule has 0 N–H and O–H groups in total. The highest BCUT2D eigenvalue weighted by atomic mass is 16.6. The van der Waals surface area contributed by atoms with Crippen LogP contribution in [0, 0.1) is 24.2 Å². The van der Waals surface area contributed by atoms with E-state index in [0.29, 0.717) is 0 Å². The molecule has 0 aromatic carbocycles. The number of hydrogen-bond donors (Lipinski definition) is 0. The first-order valence-corrected chi connectivity index (χ1v) is 5.38. The van der Waals surface area contributed by atoms with Gasteiger partial charge in [0, 0.05) is 0 Å². The van der Waals surface area contributed by atoms with Crippen LogP contribution in [0.2, 0.25) is 0 Å². The van der Waals surface area contributed by atoms with Crippen LogP contribution in [0.15, 0.2) is 0 Å². The summed E-state index contributed by atoms with van der Waals surface area (Å²) in [5.41, 5.74) is -0.0868. The van der Waals surface area contributed by atoms with Gasteiger partial charge < -0.3 is 4.74 Å². The van der Waals surface area contributed by atoms with E-state index in [1.54, 1.807) is 0 Å². The maximum absolute atomic E-state index is 10.6. The van der Waals surface area contributed by atoms with Crippen molar-refractivity contribution < 1.29 is 9.84 Å². The summed E-state index contributed by atoms with van der Waals surface area (Å²) < 4.78 is 5.43. The monoisotopic (exact) mass is 180 g/mol. The van der Waals surface area contributed by atoms with Gasteiger partial charge in [-0.25, -0.2) is 5.11 Å². The minimum absolute atomic E-state index is 0.0868. The molecule has 4 aliphatic rings. The molecule has 13 heavy (non-hydrogen) atoms. The molecule has 0 saturated heterocycles. The average Bonchev–Trinajstić information content (AvgIpc) is 2.00. The summed E-state index contributed by atoms with van der Waals surface area (Å²) >= 11 is 0. The molecule has 2 heteroatoms. The summed E-state index contributed by atoms with van der Waals surface area (Å²) in [4.78, 5) is 0. The molecule has 2 unspecified atom stereocenters. The van der Waals surface area contributed by atoms with Crippen LogP contribution in [0.1, 0.15) is 32.1 Å². The highest BCUT2D eigenvalue weighted by Gasteiger charge is 2.51. The third-order valence-corrected chi connectivity index (χ3v) is 4.09. The first-order chi connectivity index (χ1) is 6.30. The van der Waals surface area contributed by atoms with Crippen LogP contribution >= 0.6 is 0 Å². The van der Waals surface area contributed by atoms with Crippen LogP contribution in [0.4, 0.5) is 0 Å². The van der Waals surface area contributed by atoms with Crippen molar-refractivity contribution >= 4 is 0 Å². The lowest BCUT2D eigenvalue weighted by Gasteiger charge is -2.55. The normalized spacial score (nSPS) is 52.8. The lowest BCUT2D eigenvalue weighted by molar-refractivity contribution is -0.181. The zero-order valence-electron chi connectivity index (χ0n) is 7.87. The van der Waals surface area contributed by atoms with E-state index in [2.05, 4.69) is 6.42 Å². The first-order valence-electron chi connectivity index (χ1n) is 5.38. The van der Waals surface area contributed by atoms with E-state index in [1.165, 1.54) is 19.3 Å². The van der Waals surface area contributed by atoms with Crippen LogP contribution in [0.25, 0.3) is 0 Å². The smallest absolute Gasteiger partial charge is 0.181 e. The quantitative estimate of drug-likeness (QED) is 0.599. The SMILES string of the molecule is [O]COC12[CH]C3CC(CC(C3)C1)C2. The fourth-order valence-electron chi connectivity index (χ4n) is 4.00. The van der Waals surface area contributed by atoms with E-state index in [-0.39, 0.29) is 12.4 Å². The second-order valence-corrected chi connectivity index (χ2v) is 5.10. The van der Waals surface area contributed by atoms with Crippen LogP contribution in [0.3, 0.4) is 0 Å². The molecule has 2 atom stereocenters. The molecule has 72 valence electrons. The predicted octanol–water partition coefficient (Wildman–Crippen LogP) is 2.17. The Hall–Kier alpha value is -0.0800. The molecule has 0 spiro atoms. The van der Waals surface area contributed by atoms with E-state index in [9.17, 15) is 5.11 Å². The summed E-state index contributed by atoms with van der Waals surface area (Å²) in [5.74, 6) is 2.47. The van der Waals surface area contributed by atoms with Gasteiger partial charge in [0.2, 0.25) is 0 Å². The Morgan fingerprint density at radius 3 is 2.46 bits per heavy atom. The Morgan fingerprint density at radius 2 is 1.92 bits per heavy atom. The largest absolute Gasteiger partial charge is 0.345 e. The van der Waals surface area contributed by atoms with Crippen molar-refractivity contribution in [2.45, 2.75) is 37.7 Å². The molecule has 4 fully saturated rings. The van der Waals surface area contributed by atoms with Crippen molar-refractivity contribution in [2.24, 2.45) is 17.8 Å². The number of ether oxygens (including phenoxy) is 1. The Kier molecular flexibility index (Phi) is 1.72. The topological polar surface area (TPSA) is 29.1 Å². The Balaban J connectivity index is 1.83. The van der Waals surface area contributed by atoms with Crippen LogP contribution in [-0.2, 0) is 9.84 Å². The van der Waals surface area contributed by atoms with Gasteiger partial charge in [-0.2, -0.15) is 0 Å². The van der Waals surface area contributed by atoms with Gasteiger partial charge in [0.1, 0.15) is 0 Å². The van der Waals surface area contributed by atoms with Gasteiger partial charge in [-0.1, -0.05) is 0 Å². The zero-order valence-corrected chi connectivity index (χ0v) is 7.87. The third kappa shape index (κ3) is 1.23. The van der Waals surface area contributed by atoms with E-state index in [1.807, 2.05) is 0 Å².